The smallest absolute Gasteiger partial charge is 0.287 e. The number of hydrogen-bond acceptors (Lipinski definition) is 4. The normalized spacial score (nSPS) is 11.2. The van der Waals surface area contributed by atoms with E-state index in [0.29, 0.717) is 21.5 Å². The first-order valence-corrected chi connectivity index (χ1v) is 5.59. The second-order valence-corrected chi connectivity index (χ2v) is 4.28. The van der Waals surface area contributed by atoms with Crippen LogP contribution in [0, 0.1) is 6.92 Å². The van der Waals surface area contributed by atoms with Gasteiger partial charge in [-0.1, -0.05) is 0 Å². The third-order valence-electron chi connectivity index (χ3n) is 2.41. The highest BCUT2D eigenvalue weighted by atomic mass is 79.9. The Labute approximate surface area is 103 Å². The summed E-state index contributed by atoms with van der Waals surface area (Å²) < 4.78 is 1.84. The van der Waals surface area contributed by atoms with Gasteiger partial charge in [0.05, 0.1) is 6.33 Å². The quantitative estimate of drug-likeness (QED) is 0.697. The zero-order chi connectivity index (χ0) is 12.0. The van der Waals surface area contributed by atoms with Crippen LogP contribution >= 0.6 is 15.9 Å². The fourth-order valence-electron chi connectivity index (χ4n) is 1.60. The zero-order valence-electron chi connectivity index (χ0n) is 8.73. The maximum absolute atomic E-state index is 11.9. The Morgan fingerprint density at radius 1 is 1.35 bits per heavy atom. The number of imidazole rings is 1. The lowest BCUT2D eigenvalue weighted by Crippen LogP contribution is -2.16. The molecule has 8 heteroatoms. The Kier molecular flexibility index (Phi) is 2.11. The first-order valence-electron chi connectivity index (χ1n) is 4.80. The number of nitrogens with one attached hydrogen (secondary N) is 2. The van der Waals surface area contributed by atoms with E-state index in [-0.39, 0.29) is 5.56 Å². The van der Waals surface area contributed by atoms with Gasteiger partial charge in [-0.05, 0) is 22.9 Å². The van der Waals surface area contributed by atoms with Crippen LogP contribution in [0.5, 0.6) is 0 Å². The maximum atomic E-state index is 11.9. The number of rotatable bonds is 1. The van der Waals surface area contributed by atoms with E-state index in [0.717, 1.165) is 5.69 Å². The number of aryl methyl sites for hydroxylation is 1. The minimum Gasteiger partial charge on any atom is -0.340 e. The van der Waals surface area contributed by atoms with E-state index in [1.165, 1.54) is 17.3 Å². The third kappa shape index (κ3) is 1.41. The predicted molar refractivity (Wildman–Crippen MR) is 64.1 cm³/mol. The molecule has 0 aliphatic carbocycles. The van der Waals surface area contributed by atoms with Gasteiger partial charge in [0, 0.05) is 5.69 Å². The van der Waals surface area contributed by atoms with E-state index in [1.807, 2.05) is 0 Å². The van der Waals surface area contributed by atoms with Gasteiger partial charge in [-0.3, -0.25) is 9.89 Å². The van der Waals surface area contributed by atoms with Crippen LogP contribution in [0.1, 0.15) is 5.69 Å². The highest BCUT2D eigenvalue weighted by molar-refractivity contribution is 9.10. The van der Waals surface area contributed by atoms with E-state index in [2.05, 4.69) is 41.0 Å². The first-order chi connectivity index (χ1) is 8.18. The Morgan fingerprint density at radius 2 is 2.18 bits per heavy atom. The molecule has 7 nitrogen and oxygen atoms in total. The maximum Gasteiger partial charge on any atom is 0.287 e. The molecule has 0 saturated carbocycles. The van der Waals surface area contributed by atoms with Crippen molar-refractivity contribution in [3.63, 3.8) is 0 Å². The molecule has 0 aromatic carbocycles. The molecular weight excluding hydrogens is 288 g/mol. The van der Waals surface area contributed by atoms with Crippen LogP contribution in [0.3, 0.4) is 0 Å². The monoisotopic (exact) mass is 294 g/mol. The molecule has 0 aliphatic rings. The molecule has 17 heavy (non-hydrogen) atoms. The van der Waals surface area contributed by atoms with Gasteiger partial charge in [-0.25, -0.2) is 15.0 Å². The number of halogens is 1. The fraction of sp³-hybridized carbons (Fsp3) is 0.111. The van der Waals surface area contributed by atoms with Crippen LogP contribution in [-0.4, -0.2) is 29.7 Å². The number of H-pyrrole nitrogens is 2. The lowest BCUT2D eigenvalue weighted by molar-refractivity contribution is 0.809. The van der Waals surface area contributed by atoms with Crippen LogP contribution in [0.2, 0.25) is 0 Å². The van der Waals surface area contributed by atoms with Gasteiger partial charge >= 0.3 is 0 Å². The number of hydrogen-bond donors (Lipinski definition) is 2. The van der Waals surface area contributed by atoms with Crippen LogP contribution < -0.4 is 5.56 Å². The minimum atomic E-state index is -0.197. The highest BCUT2D eigenvalue weighted by Crippen LogP contribution is 2.15. The van der Waals surface area contributed by atoms with E-state index >= 15 is 0 Å². The van der Waals surface area contributed by atoms with Crippen LogP contribution in [0.15, 0.2) is 21.9 Å². The van der Waals surface area contributed by atoms with E-state index in [1.54, 1.807) is 6.92 Å². The standard InChI is InChI=1S/C9H7BrN6O/c1-4-5(10)9(17)16(15-4)8-6-7(12-2-11-6)13-3-14-8/h2-3,15H,1H3,(H,11,12,13,14). The molecule has 0 radical (unpaired) electrons. The molecule has 0 bridgehead atoms. The topological polar surface area (TPSA) is 92.2 Å². The SMILES string of the molecule is Cc1[nH]n(-c2ncnc3nc[nH]c23)c(=O)c1Br. The summed E-state index contributed by atoms with van der Waals surface area (Å²) in [5.41, 5.74) is 1.67. The van der Waals surface area contributed by atoms with Crippen molar-refractivity contribution < 1.29 is 0 Å². The molecule has 0 atom stereocenters. The van der Waals surface area contributed by atoms with Gasteiger partial charge in [-0.2, -0.15) is 4.68 Å². The van der Waals surface area contributed by atoms with Crippen molar-refractivity contribution in [1.29, 1.82) is 0 Å². The second kappa shape index (κ2) is 3.52. The van der Waals surface area contributed by atoms with E-state index < -0.39 is 0 Å². The fourth-order valence-corrected chi connectivity index (χ4v) is 1.86. The molecule has 0 unspecified atom stereocenters. The zero-order valence-corrected chi connectivity index (χ0v) is 10.3. The Bertz CT molecular complexity index is 754. The predicted octanol–water partition coefficient (Wildman–Crippen LogP) is 0.903. The summed E-state index contributed by atoms with van der Waals surface area (Å²) in [4.78, 5) is 27.0. The van der Waals surface area contributed by atoms with Crippen molar-refractivity contribution in [2.75, 3.05) is 0 Å². The minimum absolute atomic E-state index is 0.197. The van der Waals surface area contributed by atoms with Gasteiger partial charge in [0.15, 0.2) is 11.5 Å². The number of nitrogens with zero attached hydrogens (tertiary/aromatic N) is 4. The van der Waals surface area contributed by atoms with Gasteiger partial charge in [0.2, 0.25) is 0 Å². The second-order valence-electron chi connectivity index (χ2n) is 3.49. The number of fused-ring (bicyclic) bond motifs is 1. The van der Waals surface area contributed by atoms with E-state index in [4.69, 9.17) is 0 Å². The number of aromatic amines is 2. The Balaban J connectivity index is 2.38. The van der Waals surface area contributed by atoms with Crippen molar-refractivity contribution in [2.45, 2.75) is 6.92 Å². The molecule has 2 N–H and O–H groups in total. The molecule has 0 spiro atoms. The van der Waals surface area contributed by atoms with Crippen molar-refractivity contribution >= 4 is 27.1 Å². The summed E-state index contributed by atoms with van der Waals surface area (Å²) in [5.74, 6) is 0.450. The van der Waals surface area contributed by atoms with Gasteiger partial charge < -0.3 is 4.98 Å². The molecule has 3 heterocycles. The molecule has 3 rings (SSSR count). The molecule has 3 aromatic rings. The van der Waals surface area contributed by atoms with Crippen molar-refractivity contribution in [3.05, 3.63) is 33.2 Å². The molecule has 0 amide bonds. The van der Waals surface area contributed by atoms with Crippen LogP contribution in [-0.2, 0) is 0 Å². The van der Waals surface area contributed by atoms with Crippen molar-refractivity contribution in [2.24, 2.45) is 0 Å². The lowest BCUT2D eigenvalue weighted by Gasteiger charge is -2.00. The Hall–Kier alpha value is -1.96. The van der Waals surface area contributed by atoms with Gasteiger partial charge in [0.25, 0.3) is 5.56 Å². The molecule has 0 saturated heterocycles. The third-order valence-corrected chi connectivity index (χ3v) is 3.35. The summed E-state index contributed by atoms with van der Waals surface area (Å²) in [7, 11) is 0. The summed E-state index contributed by atoms with van der Waals surface area (Å²) in [6.07, 6.45) is 2.88. The summed E-state index contributed by atoms with van der Waals surface area (Å²) in [6.45, 7) is 1.80. The molecule has 0 fully saturated rings. The Morgan fingerprint density at radius 3 is 2.88 bits per heavy atom. The largest absolute Gasteiger partial charge is 0.340 e. The van der Waals surface area contributed by atoms with Crippen molar-refractivity contribution in [3.8, 4) is 5.82 Å². The lowest BCUT2D eigenvalue weighted by atomic mass is 10.5. The average Bonchev–Trinajstić information content (AvgIpc) is 2.89. The average molecular weight is 295 g/mol. The summed E-state index contributed by atoms with van der Waals surface area (Å²) >= 11 is 3.22. The summed E-state index contributed by atoms with van der Waals surface area (Å²) in [5, 5.41) is 2.93. The van der Waals surface area contributed by atoms with Gasteiger partial charge in [-0.15, -0.1) is 0 Å². The molecule has 0 aliphatic heterocycles. The van der Waals surface area contributed by atoms with Gasteiger partial charge in [0.1, 0.15) is 16.3 Å². The van der Waals surface area contributed by atoms with E-state index in [9.17, 15) is 4.79 Å². The molecular formula is C9H7BrN6O. The number of aromatic nitrogens is 6. The molecule has 86 valence electrons. The van der Waals surface area contributed by atoms with Crippen molar-refractivity contribution in [1.82, 2.24) is 29.7 Å². The summed E-state index contributed by atoms with van der Waals surface area (Å²) in [6, 6.07) is 0. The highest BCUT2D eigenvalue weighted by Gasteiger charge is 2.14. The van der Waals surface area contributed by atoms with Crippen LogP contribution in [0.25, 0.3) is 17.0 Å². The van der Waals surface area contributed by atoms with Crippen LogP contribution in [0.4, 0.5) is 0 Å². The molecule has 3 aromatic heterocycles. The first kappa shape index (κ1) is 10.2.